The van der Waals surface area contributed by atoms with E-state index in [4.69, 9.17) is 23.8 Å². The first kappa shape index (κ1) is 23.5. The predicted octanol–water partition coefficient (Wildman–Crippen LogP) is 4.88. The molecule has 0 N–H and O–H groups in total. The van der Waals surface area contributed by atoms with Crippen LogP contribution < -0.4 is 4.74 Å². The molecule has 2 aliphatic rings. The molecule has 0 amide bonds. The molecule has 170 valence electrons. The molecule has 3 rings (SSSR count). The highest BCUT2D eigenvalue weighted by Crippen LogP contribution is 2.49. The molecule has 0 bridgehead atoms. The van der Waals surface area contributed by atoms with Crippen molar-refractivity contribution in [2.75, 3.05) is 27.4 Å². The van der Waals surface area contributed by atoms with Gasteiger partial charge in [-0.1, -0.05) is 26.0 Å². The van der Waals surface area contributed by atoms with Crippen molar-refractivity contribution in [3.63, 3.8) is 0 Å². The van der Waals surface area contributed by atoms with E-state index in [9.17, 15) is 0 Å². The number of hydrogen-bond donors (Lipinski definition) is 0. The Morgan fingerprint density at radius 1 is 1.07 bits per heavy atom. The molecule has 2 saturated heterocycles. The van der Waals surface area contributed by atoms with E-state index in [2.05, 4.69) is 51.8 Å². The first-order valence-corrected chi connectivity index (χ1v) is 11.1. The zero-order valence-electron chi connectivity index (χ0n) is 19.7. The van der Waals surface area contributed by atoms with Crippen molar-refractivity contribution in [3.05, 3.63) is 29.8 Å². The van der Waals surface area contributed by atoms with Crippen molar-refractivity contribution in [1.82, 2.24) is 5.06 Å². The summed E-state index contributed by atoms with van der Waals surface area (Å²) in [6.07, 6.45) is 3.58. The molecule has 2 atom stereocenters. The number of rotatable bonds is 10. The van der Waals surface area contributed by atoms with Gasteiger partial charge >= 0.3 is 0 Å². The number of hydroxylamine groups is 2. The summed E-state index contributed by atoms with van der Waals surface area (Å²) in [4.78, 5) is 6.68. The van der Waals surface area contributed by atoms with E-state index < -0.39 is 5.79 Å². The van der Waals surface area contributed by atoms with Crippen LogP contribution in [0.15, 0.2) is 24.3 Å². The van der Waals surface area contributed by atoms with Crippen molar-refractivity contribution in [2.45, 2.75) is 89.4 Å². The number of epoxide rings is 1. The zero-order valence-corrected chi connectivity index (χ0v) is 19.7. The van der Waals surface area contributed by atoms with Crippen LogP contribution in [0.25, 0.3) is 0 Å². The minimum Gasteiger partial charge on any atom is -0.491 e. The Bertz CT molecular complexity index is 677. The van der Waals surface area contributed by atoms with Crippen molar-refractivity contribution in [1.29, 1.82) is 0 Å². The average Bonchev–Trinajstić information content (AvgIpc) is 3.58. The van der Waals surface area contributed by atoms with E-state index in [0.717, 1.165) is 43.6 Å². The molecule has 0 spiro atoms. The maximum absolute atomic E-state index is 6.68. The van der Waals surface area contributed by atoms with E-state index >= 15 is 0 Å². The molecule has 2 fully saturated rings. The summed E-state index contributed by atoms with van der Waals surface area (Å²) in [5, 5.41) is 2.23. The molecule has 2 unspecified atom stereocenters. The Kier molecular flexibility index (Phi) is 7.15. The molecule has 0 aliphatic carbocycles. The van der Waals surface area contributed by atoms with Gasteiger partial charge in [-0.25, -0.2) is 0 Å². The Balaban J connectivity index is 1.76. The Hall–Kier alpha value is -1.18. The zero-order chi connectivity index (χ0) is 22.0. The van der Waals surface area contributed by atoms with Crippen LogP contribution in [0.1, 0.15) is 72.0 Å². The predicted molar refractivity (Wildman–Crippen MR) is 116 cm³/mol. The minimum absolute atomic E-state index is 0.0832. The molecule has 1 aromatic carbocycles. The number of benzene rings is 1. The van der Waals surface area contributed by atoms with Crippen LogP contribution >= 0.6 is 0 Å². The van der Waals surface area contributed by atoms with Crippen LogP contribution in [0.4, 0.5) is 0 Å². The molecule has 0 saturated carbocycles. The molecule has 2 heterocycles. The topological polar surface area (TPSA) is 52.7 Å². The van der Waals surface area contributed by atoms with Gasteiger partial charge in [0.25, 0.3) is 0 Å². The third-order valence-electron chi connectivity index (χ3n) is 6.79. The first-order valence-electron chi connectivity index (χ1n) is 11.1. The van der Waals surface area contributed by atoms with Gasteiger partial charge in [0.2, 0.25) is 0 Å². The molecule has 30 heavy (non-hydrogen) atoms. The highest BCUT2D eigenvalue weighted by Gasteiger charge is 2.57. The molecular weight excluding hydrogens is 382 g/mol. The maximum atomic E-state index is 6.68. The van der Waals surface area contributed by atoms with Crippen molar-refractivity contribution in [3.8, 4) is 5.75 Å². The molecule has 6 nitrogen and oxygen atoms in total. The van der Waals surface area contributed by atoms with Crippen LogP contribution in [0.3, 0.4) is 0 Å². The quantitative estimate of drug-likeness (QED) is 0.396. The standard InChI is InChI=1S/C24H39NO5/c1-8-23(9-2)17-24(26-6,27-7)16-22(4,5)25(23)30-18(3)19-10-12-20(13-11-19)28-14-21-15-29-21/h10-13,18,21H,8-9,14-17H2,1-7H3. The highest BCUT2D eigenvalue weighted by molar-refractivity contribution is 5.28. The first-order chi connectivity index (χ1) is 14.2. The summed E-state index contributed by atoms with van der Waals surface area (Å²) in [7, 11) is 3.49. The molecule has 6 heteroatoms. The minimum atomic E-state index is -0.594. The van der Waals surface area contributed by atoms with E-state index in [-0.39, 0.29) is 23.3 Å². The summed E-state index contributed by atoms with van der Waals surface area (Å²) in [6, 6.07) is 8.18. The van der Waals surface area contributed by atoms with Gasteiger partial charge in [-0.05, 0) is 51.3 Å². The summed E-state index contributed by atoms with van der Waals surface area (Å²) in [6.45, 7) is 12.4. The number of piperidine rings is 1. The van der Waals surface area contributed by atoms with Gasteiger partial charge in [-0.15, -0.1) is 0 Å². The number of hydrogen-bond acceptors (Lipinski definition) is 6. The normalized spacial score (nSPS) is 25.6. The number of nitrogens with zero attached hydrogens (tertiary/aromatic N) is 1. The molecule has 2 aliphatic heterocycles. The highest BCUT2D eigenvalue weighted by atomic mass is 16.7. The van der Waals surface area contributed by atoms with Gasteiger partial charge < -0.3 is 18.9 Å². The maximum Gasteiger partial charge on any atom is 0.171 e. The van der Waals surface area contributed by atoms with Gasteiger partial charge in [0.15, 0.2) is 5.79 Å². The fraction of sp³-hybridized carbons (Fsp3) is 0.750. The summed E-state index contributed by atoms with van der Waals surface area (Å²) in [5.41, 5.74) is 0.699. The lowest BCUT2D eigenvalue weighted by Gasteiger charge is -2.59. The Morgan fingerprint density at radius 2 is 1.67 bits per heavy atom. The third kappa shape index (κ3) is 4.83. The fourth-order valence-corrected chi connectivity index (χ4v) is 4.83. The van der Waals surface area contributed by atoms with Crippen LogP contribution in [0, 0.1) is 0 Å². The summed E-state index contributed by atoms with van der Waals surface area (Å²) in [5.74, 6) is 0.268. The third-order valence-corrected chi connectivity index (χ3v) is 6.79. The van der Waals surface area contributed by atoms with Crippen molar-refractivity contribution < 1.29 is 23.8 Å². The fourth-order valence-electron chi connectivity index (χ4n) is 4.83. The average molecular weight is 422 g/mol. The number of methoxy groups -OCH3 is 2. The second kappa shape index (κ2) is 9.13. The Morgan fingerprint density at radius 3 is 2.17 bits per heavy atom. The lowest BCUT2D eigenvalue weighted by Crippen LogP contribution is -2.68. The molecular formula is C24H39NO5. The summed E-state index contributed by atoms with van der Waals surface area (Å²) >= 11 is 0. The van der Waals surface area contributed by atoms with Crippen LogP contribution in [-0.4, -0.2) is 55.5 Å². The van der Waals surface area contributed by atoms with Crippen molar-refractivity contribution >= 4 is 0 Å². The second-order valence-electron chi connectivity index (χ2n) is 9.29. The van der Waals surface area contributed by atoms with Crippen molar-refractivity contribution in [2.24, 2.45) is 0 Å². The monoisotopic (exact) mass is 421 g/mol. The second-order valence-corrected chi connectivity index (χ2v) is 9.29. The largest absolute Gasteiger partial charge is 0.491 e. The number of ether oxygens (including phenoxy) is 4. The summed E-state index contributed by atoms with van der Waals surface area (Å²) < 4.78 is 22.7. The van der Waals surface area contributed by atoms with Crippen LogP contribution in [-0.2, 0) is 19.0 Å². The van der Waals surface area contributed by atoms with E-state index in [1.807, 2.05) is 12.1 Å². The smallest absolute Gasteiger partial charge is 0.171 e. The van der Waals surface area contributed by atoms with E-state index in [0.29, 0.717) is 6.61 Å². The SMILES string of the molecule is CCC1(CC)CC(OC)(OC)CC(C)(C)N1OC(C)c1ccc(OCC2CO2)cc1. The lowest BCUT2D eigenvalue weighted by atomic mass is 9.73. The van der Waals surface area contributed by atoms with E-state index in [1.54, 1.807) is 14.2 Å². The Labute approximate surface area is 181 Å². The molecule has 0 radical (unpaired) electrons. The van der Waals surface area contributed by atoms with Gasteiger partial charge in [0, 0.05) is 32.6 Å². The van der Waals surface area contributed by atoms with Crippen LogP contribution in [0.2, 0.25) is 0 Å². The molecule has 0 aromatic heterocycles. The van der Waals surface area contributed by atoms with Gasteiger partial charge in [0.05, 0.1) is 12.1 Å². The molecule has 1 aromatic rings. The van der Waals surface area contributed by atoms with E-state index in [1.165, 1.54) is 0 Å². The van der Waals surface area contributed by atoms with Crippen LogP contribution in [0.5, 0.6) is 5.75 Å². The lowest BCUT2D eigenvalue weighted by molar-refractivity contribution is -0.367. The van der Waals surface area contributed by atoms with Gasteiger partial charge in [0.1, 0.15) is 24.6 Å². The van der Waals surface area contributed by atoms with Gasteiger partial charge in [-0.3, -0.25) is 4.84 Å². The van der Waals surface area contributed by atoms with Gasteiger partial charge in [-0.2, -0.15) is 5.06 Å².